The summed E-state index contributed by atoms with van der Waals surface area (Å²) in [6, 6.07) is 8.12. The van der Waals surface area contributed by atoms with Crippen LogP contribution in [-0.2, 0) is 11.3 Å². The molecule has 1 aromatic carbocycles. The number of likely N-dealkylation sites (N-methyl/N-ethyl adjacent to an activating group) is 1. The summed E-state index contributed by atoms with van der Waals surface area (Å²) in [6.07, 6.45) is 1.74. The molecule has 0 fully saturated rings. The van der Waals surface area contributed by atoms with Crippen LogP contribution in [0.1, 0.15) is 32.1 Å². The summed E-state index contributed by atoms with van der Waals surface area (Å²) in [7, 11) is 4.13. The van der Waals surface area contributed by atoms with Gasteiger partial charge < -0.3 is 9.47 Å². The van der Waals surface area contributed by atoms with Crippen LogP contribution in [0.5, 0.6) is 0 Å². The van der Waals surface area contributed by atoms with E-state index in [1.807, 2.05) is 23.2 Å². The highest BCUT2D eigenvalue weighted by molar-refractivity contribution is 5.76. The molecule has 29 heavy (non-hydrogen) atoms. The van der Waals surface area contributed by atoms with E-state index < -0.39 is 5.91 Å². The van der Waals surface area contributed by atoms with Crippen LogP contribution in [0, 0.1) is 5.92 Å². The molecule has 3 rings (SSSR count). The predicted octanol–water partition coefficient (Wildman–Crippen LogP) is 2.76. The number of imidazole rings is 1. The van der Waals surface area contributed by atoms with Crippen molar-refractivity contribution in [1.82, 2.24) is 24.9 Å². The summed E-state index contributed by atoms with van der Waals surface area (Å²) >= 11 is 0. The second kappa shape index (κ2) is 9.15. The van der Waals surface area contributed by atoms with Gasteiger partial charge in [0.1, 0.15) is 11.9 Å². The van der Waals surface area contributed by atoms with Crippen molar-refractivity contribution in [1.29, 1.82) is 0 Å². The third-order valence-electron chi connectivity index (χ3n) is 4.93. The third-order valence-corrected chi connectivity index (χ3v) is 4.93. The quantitative estimate of drug-likeness (QED) is 0.525. The predicted molar refractivity (Wildman–Crippen MR) is 110 cm³/mol. The maximum atomic E-state index is 11.3. The van der Waals surface area contributed by atoms with Crippen LogP contribution < -0.4 is 5.48 Å². The van der Waals surface area contributed by atoms with Crippen LogP contribution in [-0.4, -0.2) is 57.8 Å². The summed E-state index contributed by atoms with van der Waals surface area (Å²) in [5, 5.41) is 19.2. The van der Waals surface area contributed by atoms with Crippen molar-refractivity contribution in [3.05, 3.63) is 41.9 Å². The number of fused-ring (bicyclic) bond motifs is 1. The zero-order valence-electron chi connectivity index (χ0n) is 17.4. The van der Waals surface area contributed by atoms with Gasteiger partial charge in [-0.1, -0.05) is 31.2 Å². The van der Waals surface area contributed by atoms with E-state index >= 15 is 0 Å². The molecule has 1 amide bonds. The van der Waals surface area contributed by atoms with Gasteiger partial charge in [0, 0.05) is 19.5 Å². The van der Waals surface area contributed by atoms with Crippen LogP contribution in [0.2, 0.25) is 0 Å². The molecule has 0 aliphatic carbocycles. The molecule has 9 nitrogen and oxygen atoms in total. The van der Waals surface area contributed by atoms with E-state index in [0.29, 0.717) is 12.2 Å². The van der Waals surface area contributed by atoms with Crippen LogP contribution >= 0.6 is 0 Å². The summed E-state index contributed by atoms with van der Waals surface area (Å²) in [5.41, 5.74) is 4.41. The first kappa shape index (κ1) is 20.9. The molecule has 0 saturated carbocycles. The van der Waals surface area contributed by atoms with E-state index in [0.717, 1.165) is 29.9 Å². The lowest BCUT2D eigenvalue weighted by molar-refractivity contribution is -0.128. The Morgan fingerprint density at radius 1 is 1.34 bits per heavy atom. The highest BCUT2D eigenvalue weighted by Crippen LogP contribution is 2.34. The van der Waals surface area contributed by atoms with Crippen LogP contribution in [0.4, 0.5) is 0 Å². The molecule has 0 saturated heterocycles. The van der Waals surface area contributed by atoms with E-state index in [1.54, 1.807) is 11.6 Å². The molecule has 1 atom stereocenters. The van der Waals surface area contributed by atoms with Crippen molar-refractivity contribution in [2.24, 2.45) is 16.3 Å². The molecule has 1 aliphatic rings. The standard InChI is InChI=1S/C20H29N7O2/c1-14(2)19(27-13-15(22-24-27)9-10-18(28)23-29)20-21-16-7-5-6-8-17(16)26(20)12-11-25(3)4/h5-9,14,19,29H,10-13H2,1-4H3,(H,23,28)/b15-9-. The largest absolute Gasteiger partial charge is 0.325 e. The number of para-hydroxylation sites is 2. The van der Waals surface area contributed by atoms with Crippen molar-refractivity contribution in [2.75, 3.05) is 27.2 Å². The maximum Gasteiger partial charge on any atom is 0.247 e. The molecule has 2 N–H and O–H groups in total. The van der Waals surface area contributed by atoms with Gasteiger partial charge in [-0.2, -0.15) is 0 Å². The first-order valence-corrected chi connectivity index (χ1v) is 9.81. The summed E-state index contributed by atoms with van der Waals surface area (Å²) in [6.45, 7) is 6.53. The Kier molecular flexibility index (Phi) is 6.60. The van der Waals surface area contributed by atoms with Crippen molar-refractivity contribution in [3.8, 4) is 0 Å². The Bertz CT molecular complexity index is 917. The summed E-state index contributed by atoms with van der Waals surface area (Å²) in [4.78, 5) is 18.4. The van der Waals surface area contributed by atoms with Gasteiger partial charge in [0.05, 0.1) is 23.3 Å². The lowest BCUT2D eigenvalue weighted by Crippen LogP contribution is -2.30. The molecule has 1 unspecified atom stereocenters. The van der Waals surface area contributed by atoms with Crippen LogP contribution in [0.3, 0.4) is 0 Å². The number of carbonyl (C=O) groups excluding carboxylic acids is 1. The molecular formula is C20H29N7O2. The number of hydroxylamine groups is 1. The number of amides is 1. The number of benzene rings is 1. The highest BCUT2D eigenvalue weighted by Gasteiger charge is 2.31. The molecule has 0 radical (unpaired) electrons. The number of nitrogens with one attached hydrogen (secondary N) is 1. The van der Waals surface area contributed by atoms with Crippen LogP contribution in [0.15, 0.2) is 46.4 Å². The minimum Gasteiger partial charge on any atom is -0.325 e. The molecular weight excluding hydrogens is 370 g/mol. The van der Waals surface area contributed by atoms with Gasteiger partial charge in [0.2, 0.25) is 5.91 Å². The monoisotopic (exact) mass is 399 g/mol. The Hall–Kier alpha value is -2.78. The summed E-state index contributed by atoms with van der Waals surface area (Å²) in [5.74, 6) is 0.748. The summed E-state index contributed by atoms with van der Waals surface area (Å²) < 4.78 is 2.27. The van der Waals surface area contributed by atoms with Gasteiger partial charge in [0.15, 0.2) is 0 Å². The van der Waals surface area contributed by atoms with Gasteiger partial charge in [-0.15, -0.1) is 5.11 Å². The SMILES string of the molecule is CC(C)C(c1nc2ccccc2n1CCN(C)C)N1C/C(=C/CC(=O)NO)N=N1. The van der Waals surface area contributed by atoms with Crippen molar-refractivity contribution in [2.45, 2.75) is 32.9 Å². The Balaban J connectivity index is 1.92. The molecule has 9 heteroatoms. The number of nitrogens with zero attached hydrogens (tertiary/aromatic N) is 6. The number of aromatic nitrogens is 2. The van der Waals surface area contributed by atoms with Gasteiger partial charge in [0.25, 0.3) is 0 Å². The van der Waals surface area contributed by atoms with Crippen molar-refractivity contribution in [3.63, 3.8) is 0 Å². The Morgan fingerprint density at radius 3 is 2.79 bits per heavy atom. The number of hydrogen-bond donors (Lipinski definition) is 2. The minimum absolute atomic E-state index is 0.0501. The average molecular weight is 399 g/mol. The fourth-order valence-corrected chi connectivity index (χ4v) is 3.49. The van der Waals surface area contributed by atoms with E-state index in [4.69, 9.17) is 10.2 Å². The topological polar surface area (TPSA) is 98.4 Å². The van der Waals surface area contributed by atoms with Gasteiger partial charge in [-0.25, -0.2) is 10.5 Å². The van der Waals surface area contributed by atoms with Gasteiger partial charge in [-0.3, -0.25) is 15.0 Å². The van der Waals surface area contributed by atoms with E-state index in [2.05, 4.69) is 53.8 Å². The first-order chi connectivity index (χ1) is 13.9. The average Bonchev–Trinajstić information content (AvgIpc) is 3.29. The van der Waals surface area contributed by atoms with E-state index in [9.17, 15) is 4.79 Å². The fourth-order valence-electron chi connectivity index (χ4n) is 3.49. The van der Waals surface area contributed by atoms with Gasteiger partial charge >= 0.3 is 0 Å². The lowest BCUT2D eigenvalue weighted by atomic mass is 10.0. The lowest BCUT2D eigenvalue weighted by Gasteiger charge is -2.28. The Labute approximate surface area is 170 Å². The van der Waals surface area contributed by atoms with Gasteiger partial charge in [-0.05, 0) is 38.2 Å². The molecule has 1 aromatic heterocycles. The minimum atomic E-state index is -0.475. The second-order valence-corrected chi connectivity index (χ2v) is 7.82. The molecule has 2 aromatic rings. The molecule has 0 bridgehead atoms. The molecule has 0 spiro atoms. The van der Waals surface area contributed by atoms with E-state index in [-0.39, 0.29) is 18.4 Å². The number of rotatable bonds is 8. The third kappa shape index (κ3) is 4.80. The highest BCUT2D eigenvalue weighted by atomic mass is 16.5. The normalized spacial score (nSPS) is 16.5. The molecule has 156 valence electrons. The smallest absolute Gasteiger partial charge is 0.247 e. The molecule has 2 heterocycles. The maximum absolute atomic E-state index is 11.3. The number of carbonyl (C=O) groups is 1. The molecule has 1 aliphatic heterocycles. The number of hydrogen-bond acceptors (Lipinski definition) is 7. The Morgan fingerprint density at radius 2 is 2.10 bits per heavy atom. The second-order valence-electron chi connectivity index (χ2n) is 7.82. The van der Waals surface area contributed by atoms with Crippen molar-refractivity contribution < 1.29 is 10.0 Å². The zero-order valence-corrected chi connectivity index (χ0v) is 17.4. The van der Waals surface area contributed by atoms with Crippen LogP contribution in [0.25, 0.3) is 11.0 Å². The first-order valence-electron chi connectivity index (χ1n) is 9.81. The fraction of sp³-hybridized carbons (Fsp3) is 0.500. The zero-order chi connectivity index (χ0) is 21.0. The van der Waals surface area contributed by atoms with Crippen molar-refractivity contribution >= 4 is 16.9 Å². The van der Waals surface area contributed by atoms with E-state index in [1.165, 1.54) is 0 Å².